The largest absolute Gasteiger partial charge is 0.397 e. The molecule has 1 aromatic heterocycles. The van der Waals surface area contributed by atoms with Crippen molar-refractivity contribution in [2.45, 2.75) is 52.0 Å². The molecule has 3 nitrogen and oxygen atoms in total. The summed E-state index contributed by atoms with van der Waals surface area (Å²) in [6, 6.07) is 0.635. The summed E-state index contributed by atoms with van der Waals surface area (Å²) in [5.41, 5.74) is 7.75. The van der Waals surface area contributed by atoms with Crippen LogP contribution in [-0.4, -0.2) is 17.6 Å². The summed E-state index contributed by atoms with van der Waals surface area (Å²) in [4.78, 5) is 6.97. The third kappa shape index (κ3) is 2.63. The molecule has 0 bridgehead atoms. The van der Waals surface area contributed by atoms with Crippen molar-refractivity contribution in [2.75, 3.05) is 17.2 Å². The number of nitrogens with zero attached hydrogens (tertiary/aromatic N) is 2. The molecule has 100 valence electrons. The maximum Gasteiger partial charge on any atom is 0.143 e. The van der Waals surface area contributed by atoms with E-state index in [2.05, 4.69) is 32.7 Å². The van der Waals surface area contributed by atoms with Crippen LogP contribution in [0.15, 0.2) is 10.7 Å². The monoisotopic (exact) mass is 311 g/mol. The first kappa shape index (κ1) is 13.7. The quantitative estimate of drug-likeness (QED) is 0.920. The van der Waals surface area contributed by atoms with E-state index >= 15 is 0 Å². The third-order valence-electron chi connectivity index (χ3n) is 3.91. The van der Waals surface area contributed by atoms with Crippen LogP contribution >= 0.6 is 15.9 Å². The first-order chi connectivity index (χ1) is 8.65. The Morgan fingerprint density at radius 3 is 2.67 bits per heavy atom. The van der Waals surface area contributed by atoms with E-state index in [0.717, 1.165) is 28.1 Å². The van der Waals surface area contributed by atoms with Crippen LogP contribution in [0.5, 0.6) is 0 Å². The van der Waals surface area contributed by atoms with E-state index in [0.29, 0.717) is 6.04 Å². The minimum absolute atomic E-state index is 0.635. The molecule has 1 heterocycles. The SMILES string of the molecule is CCN(c1ncc(N)c(C)c1Br)C1CCCCC1. The van der Waals surface area contributed by atoms with Gasteiger partial charge in [-0.2, -0.15) is 0 Å². The highest BCUT2D eigenvalue weighted by molar-refractivity contribution is 9.10. The van der Waals surface area contributed by atoms with E-state index in [-0.39, 0.29) is 0 Å². The van der Waals surface area contributed by atoms with Crippen molar-refractivity contribution in [1.29, 1.82) is 0 Å². The summed E-state index contributed by atoms with van der Waals surface area (Å²) in [5.74, 6) is 1.05. The number of anilines is 2. The van der Waals surface area contributed by atoms with Gasteiger partial charge in [0.25, 0.3) is 0 Å². The summed E-state index contributed by atoms with van der Waals surface area (Å²) >= 11 is 3.65. The standard InChI is InChI=1S/C14H22BrN3/c1-3-18(11-7-5-4-6-8-11)14-13(15)10(2)12(16)9-17-14/h9,11H,3-8,16H2,1-2H3. The fraction of sp³-hybridized carbons (Fsp3) is 0.643. The van der Waals surface area contributed by atoms with Gasteiger partial charge >= 0.3 is 0 Å². The highest BCUT2D eigenvalue weighted by Crippen LogP contribution is 2.34. The summed E-state index contributed by atoms with van der Waals surface area (Å²) in [6.45, 7) is 5.24. The predicted octanol–water partition coefficient (Wildman–Crippen LogP) is 3.89. The van der Waals surface area contributed by atoms with Crippen LogP contribution in [0.2, 0.25) is 0 Å². The molecule has 1 aromatic rings. The van der Waals surface area contributed by atoms with Crippen LogP contribution in [0.4, 0.5) is 11.5 Å². The molecule has 4 heteroatoms. The van der Waals surface area contributed by atoms with Crippen molar-refractivity contribution in [3.63, 3.8) is 0 Å². The van der Waals surface area contributed by atoms with Crippen molar-refractivity contribution in [1.82, 2.24) is 4.98 Å². The summed E-state index contributed by atoms with van der Waals surface area (Å²) in [5, 5.41) is 0. The molecule has 2 N–H and O–H groups in total. The smallest absolute Gasteiger partial charge is 0.143 e. The topological polar surface area (TPSA) is 42.2 Å². The molecule has 0 atom stereocenters. The lowest BCUT2D eigenvalue weighted by molar-refractivity contribution is 0.416. The van der Waals surface area contributed by atoms with Crippen molar-refractivity contribution < 1.29 is 0 Å². The second-order valence-electron chi connectivity index (χ2n) is 5.05. The van der Waals surface area contributed by atoms with Gasteiger partial charge in [-0.3, -0.25) is 0 Å². The van der Waals surface area contributed by atoms with Gasteiger partial charge in [-0.1, -0.05) is 19.3 Å². The van der Waals surface area contributed by atoms with Gasteiger partial charge in [0.05, 0.1) is 16.4 Å². The number of halogens is 1. The molecule has 1 aliphatic carbocycles. The molecule has 1 fully saturated rings. The average molecular weight is 312 g/mol. The number of pyridine rings is 1. The number of hydrogen-bond donors (Lipinski definition) is 1. The van der Waals surface area contributed by atoms with Crippen LogP contribution in [0, 0.1) is 6.92 Å². The number of nitrogen functional groups attached to an aromatic ring is 1. The fourth-order valence-corrected chi connectivity index (χ4v) is 3.31. The number of hydrogen-bond acceptors (Lipinski definition) is 3. The number of rotatable bonds is 3. The van der Waals surface area contributed by atoms with Gasteiger partial charge in [0.1, 0.15) is 5.82 Å². The Balaban J connectivity index is 2.29. The van der Waals surface area contributed by atoms with E-state index in [1.54, 1.807) is 6.20 Å². The number of aromatic nitrogens is 1. The molecule has 1 aliphatic rings. The second-order valence-corrected chi connectivity index (χ2v) is 5.85. The van der Waals surface area contributed by atoms with Gasteiger partial charge in [-0.15, -0.1) is 0 Å². The molecule has 18 heavy (non-hydrogen) atoms. The van der Waals surface area contributed by atoms with Gasteiger partial charge < -0.3 is 10.6 Å². The van der Waals surface area contributed by atoms with Crippen molar-refractivity contribution >= 4 is 27.4 Å². The highest BCUT2D eigenvalue weighted by Gasteiger charge is 2.23. The minimum Gasteiger partial charge on any atom is -0.397 e. The zero-order valence-corrected chi connectivity index (χ0v) is 12.8. The molecule has 0 spiro atoms. The molecule has 0 amide bonds. The Labute approximate surface area is 118 Å². The second kappa shape index (κ2) is 5.91. The predicted molar refractivity (Wildman–Crippen MR) is 81.0 cm³/mol. The average Bonchev–Trinajstić information content (AvgIpc) is 2.41. The summed E-state index contributed by atoms with van der Waals surface area (Å²) in [6.07, 6.45) is 8.40. The Kier molecular flexibility index (Phi) is 4.49. The zero-order chi connectivity index (χ0) is 13.1. The summed E-state index contributed by atoms with van der Waals surface area (Å²) < 4.78 is 1.05. The summed E-state index contributed by atoms with van der Waals surface area (Å²) in [7, 11) is 0. The van der Waals surface area contributed by atoms with Crippen molar-refractivity contribution in [2.24, 2.45) is 0 Å². The van der Waals surface area contributed by atoms with E-state index in [1.807, 2.05) is 6.92 Å². The van der Waals surface area contributed by atoms with E-state index in [4.69, 9.17) is 5.73 Å². The lowest BCUT2D eigenvalue weighted by atomic mass is 9.94. The van der Waals surface area contributed by atoms with Crippen LogP contribution in [0.1, 0.15) is 44.6 Å². The van der Waals surface area contributed by atoms with E-state index in [9.17, 15) is 0 Å². The Bertz CT molecular complexity index is 414. The van der Waals surface area contributed by atoms with Gasteiger partial charge in [0, 0.05) is 12.6 Å². The first-order valence-corrected chi connectivity index (χ1v) is 7.61. The first-order valence-electron chi connectivity index (χ1n) is 6.82. The Morgan fingerprint density at radius 1 is 1.39 bits per heavy atom. The Hall–Kier alpha value is -0.770. The maximum atomic E-state index is 5.90. The molecule has 2 rings (SSSR count). The van der Waals surface area contributed by atoms with Gasteiger partial charge in [0.15, 0.2) is 0 Å². The van der Waals surface area contributed by atoms with Gasteiger partial charge in [-0.25, -0.2) is 4.98 Å². The minimum atomic E-state index is 0.635. The van der Waals surface area contributed by atoms with E-state index < -0.39 is 0 Å². The molecular formula is C14H22BrN3. The van der Waals surface area contributed by atoms with Crippen molar-refractivity contribution in [3.8, 4) is 0 Å². The van der Waals surface area contributed by atoms with Crippen LogP contribution in [0.25, 0.3) is 0 Å². The molecule has 0 radical (unpaired) electrons. The van der Waals surface area contributed by atoms with Crippen LogP contribution in [0.3, 0.4) is 0 Å². The maximum absolute atomic E-state index is 5.90. The van der Waals surface area contributed by atoms with Gasteiger partial charge in [-0.05, 0) is 48.2 Å². The van der Waals surface area contributed by atoms with Gasteiger partial charge in [0.2, 0.25) is 0 Å². The molecule has 1 saturated carbocycles. The van der Waals surface area contributed by atoms with Crippen LogP contribution < -0.4 is 10.6 Å². The fourth-order valence-electron chi connectivity index (χ4n) is 2.75. The van der Waals surface area contributed by atoms with Crippen molar-refractivity contribution in [3.05, 3.63) is 16.2 Å². The Morgan fingerprint density at radius 2 is 2.06 bits per heavy atom. The number of nitrogens with two attached hydrogens (primary N) is 1. The highest BCUT2D eigenvalue weighted by atomic mass is 79.9. The lowest BCUT2D eigenvalue weighted by Gasteiger charge is -2.35. The molecule has 0 saturated heterocycles. The third-order valence-corrected chi connectivity index (χ3v) is 4.86. The zero-order valence-electron chi connectivity index (χ0n) is 11.2. The molecule has 0 unspecified atom stereocenters. The van der Waals surface area contributed by atoms with Crippen LogP contribution in [-0.2, 0) is 0 Å². The molecule has 0 aliphatic heterocycles. The normalized spacial score (nSPS) is 16.8. The molecule has 0 aromatic carbocycles. The van der Waals surface area contributed by atoms with E-state index in [1.165, 1.54) is 32.1 Å². The molecular weight excluding hydrogens is 290 g/mol. The lowest BCUT2D eigenvalue weighted by Crippen LogP contribution is -2.37.